The van der Waals surface area contributed by atoms with Crippen molar-refractivity contribution in [3.05, 3.63) is 59.7 Å². The molecule has 2 aromatic rings. The van der Waals surface area contributed by atoms with Crippen molar-refractivity contribution < 1.29 is 19.4 Å². The summed E-state index contributed by atoms with van der Waals surface area (Å²) in [5.41, 5.74) is 1.94. The van der Waals surface area contributed by atoms with Gasteiger partial charge in [-0.25, -0.2) is 4.79 Å². The summed E-state index contributed by atoms with van der Waals surface area (Å²) in [5.74, 6) is -0.662. The monoisotopic (exact) mass is 313 g/mol. The number of anilines is 1. The molecule has 0 aliphatic heterocycles. The van der Waals surface area contributed by atoms with E-state index in [0.717, 1.165) is 12.8 Å². The van der Waals surface area contributed by atoms with Crippen molar-refractivity contribution in [3.63, 3.8) is 0 Å². The molecule has 2 aromatic carbocycles. The average molecular weight is 313 g/mol. The van der Waals surface area contributed by atoms with Crippen molar-refractivity contribution in [2.45, 2.75) is 19.8 Å². The van der Waals surface area contributed by atoms with Crippen LogP contribution in [0.5, 0.6) is 5.75 Å². The molecule has 0 heterocycles. The van der Waals surface area contributed by atoms with Crippen molar-refractivity contribution in [1.82, 2.24) is 0 Å². The third kappa shape index (κ3) is 5.14. The first-order valence-electron chi connectivity index (χ1n) is 7.43. The number of hydrogen-bond acceptors (Lipinski definition) is 3. The molecule has 1 amide bonds. The fraction of sp³-hybridized carbons (Fsp3) is 0.222. The lowest BCUT2D eigenvalue weighted by molar-refractivity contribution is -0.118. The number of nitrogens with one attached hydrogen (secondary N) is 1. The summed E-state index contributed by atoms with van der Waals surface area (Å²) in [5, 5.41) is 11.5. The molecule has 0 aromatic heterocycles. The number of carbonyl (C=O) groups is 2. The summed E-state index contributed by atoms with van der Waals surface area (Å²) in [6.45, 7) is 2.02. The number of rotatable bonds is 7. The highest BCUT2D eigenvalue weighted by molar-refractivity contribution is 5.93. The maximum absolute atomic E-state index is 11.8. The van der Waals surface area contributed by atoms with E-state index in [-0.39, 0.29) is 18.1 Å². The highest BCUT2D eigenvalue weighted by Crippen LogP contribution is 2.14. The SMILES string of the molecule is CCCc1ccc(OCC(=O)Nc2ccc(C(=O)O)cc2)cc1. The van der Waals surface area contributed by atoms with Crippen molar-refractivity contribution in [1.29, 1.82) is 0 Å². The van der Waals surface area contributed by atoms with E-state index in [2.05, 4.69) is 12.2 Å². The second-order valence-corrected chi connectivity index (χ2v) is 5.11. The molecule has 23 heavy (non-hydrogen) atoms. The Balaban J connectivity index is 1.83. The summed E-state index contributed by atoms with van der Waals surface area (Å²) in [6, 6.07) is 13.6. The molecule has 0 aliphatic rings. The molecule has 0 saturated carbocycles. The van der Waals surface area contributed by atoms with Crippen LogP contribution in [0.15, 0.2) is 48.5 Å². The number of hydrogen-bond donors (Lipinski definition) is 2. The molecule has 0 fully saturated rings. The molecule has 0 aliphatic carbocycles. The van der Waals surface area contributed by atoms with Crippen LogP contribution in [0.1, 0.15) is 29.3 Å². The standard InChI is InChI=1S/C18H19NO4/c1-2-3-13-4-10-16(11-5-13)23-12-17(20)19-15-8-6-14(7-9-15)18(21)22/h4-11H,2-3,12H2,1H3,(H,19,20)(H,21,22). The maximum Gasteiger partial charge on any atom is 0.335 e. The fourth-order valence-corrected chi connectivity index (χ4v) is 2.08. The predicted octanol–water partition coefficient (Wildman–Crippen LogP) is 3.35. The number of ether oxygens (including phenoxy) is 1. The fourth-order valence-electron chi connectivity index (χ4n) is 2.08. The molecular weight excluding hydrogens is 294 g/mol. The van der Waals surface area contributed by atoms with Crippen LogP contribution in [-0.2, 0) is 11.2 Å². The van der Waals surface area contributed by atoms with Crippen LogP contribution in [0.3, 0.4) is 0 Å². The zero-order valence-electron chi connectivity index (χ0n) is 12.9. The van der Waals surface area contributed by atoms with Crippen molar-refractivity contribution in [3.8, 4) is 5.75 Å². The molecule has 0 saturated heterocycles. The minimum absolute atomic E-state index is 0.103. The second kappa shape index (κ2) is 7.98. The number of carboxylic acids is 1. The first kappa shape index (κ1) is 16.5. The topological polar surface area (TPSA) is 75.6 Å². The summed E-state index contributed by atoms with van der Waals surface area (Å²) < 4.78 is 5.43. The van der Waals surface area contributed by atoms with Crippen molar-refractivity contribution in [2.75, 3.05) is 11.9 Å². The lowest BCUT2D eigenvalue weighted by Crippen LogP contribution is -2.20. The van der Waals surface area contributed by atoms with Crippen LogP contribution in [0.4, 0.5) is 5.69 Å². The van der Waals surface area contributed by atoms with E-state index in [9.17, 15) is 9.59 Å². The Morgan fingerprint density at radius 1 is 1.04 bits per heavy atom. The summed E-state index contributed by atoms with van der Waals surface area (Å²) >= 11 is 0. The van der Waals surface area contributed by atoms with Crippen LogP contribution >= 0.6 is 0 Å². The van der Waals surface area contributed by atoms with E-state index in [4.69, 9.17) is 9.84 Å². The molecule has 0 bridgehead atoms. The third-order valence-corrected chi connectivity index (χ3v) is 3.25. The van der Waals surface area contributed by atoms with Gasteiger partial charge in [-0.1, -0.05) is 25.5 Å². The number of amides is 1. The van der Waals surface area contributed by atoms with E-state index < -0.39 is 5.97 Å². The Hall–Kier alpha value is -2.82. The molecule has 2 N–H and O–H groups in total. The summed E-state index contributed by atoms with van der Waals surface area (Å²) in [6.07, 6.45) is 2.11. The number of carbonyl (C=O) groups excluding carboxylic acids is 1. The van der Waals surface area contributed by atoms with Crippen LogP contribution < -0.4 is 10.1 Å². The molecule has 0 atom stereocenters. The van der Waals surface area contributed by atoms with Crippen molar-refractivity contribution in [2.24, 2.45) is 0 Å². The van der Waals surface area contributed by atoms with E-state index >= 15 is 0 Å². The Kier molecular flexibility index (Phi) is 5.74. The molecular formula is C18H19NO4. The van der Waals surface area contributed by atoms with Gasteiger partial charge < -0.3 is 15.2 Å². The van der Waals surface area contributed by atoms with Crippen molar-refractivity contribution >= 4 is 17.6 Å². The Morgan fingerprint density at radius 3 is 2.26 bits per heavy atom. The van der Waals surface area contributed by atoms with Gasteiger partial charge >= 0.3 is 5.97 Å². The highest BCUT2D eigenvalue weighted by atomic mass is 16.5. The Labute approximate surface area is 134 Å². The number of benzene rings is 2. The summed E-state index contributed by atoms with van der Waals surface area (Å²) in [7, 11) is 0. The first-order valence-corrected chi connectivity index (χ1v) is 7.43. The van der Waals surface area contributed by atoms with E-state index in [1.165, 1.54) is 17.7 Å². The second-order valence-electron chi connectivity index (χ2n) is 5.11. The lowest BCUT2D eigenvalue weighted by atomic mass is 10.1. The lowest BCUT2D eigenvalue weighted by Gasteiger charge is -2.08. The molecule has 0 unspecified atom stereocenters. The highest BCUT2D eigenvalue weighted by Gasteiger charge is 2.06. The quantitative estimate of drug-likeness (QED) is 0.822. The predicted molar refractivity (Wildman–Crippen MR) is 88.0 cm³/mol. The number of aromatic carboxylic acids is 1. The van der Waals surface area contributed by atoms with Gasteiger partial charge in [0.25, 0.3) is 5.91 Å². The average Bonchev–Trinajstić information content (AvgIpc) is 2.55. The molecule has 5 heteroatoms. The van der Waals surface area contributed by atoms with Gasteiger partial charge in [0, 0.05) is 5.69 Å². The number of carboxylic acid groups (broad SMARTS) is 1. The van der Waals surface area contributed by atoms with Gasteiger partial charge in [-0.3, -0.25) is 4.79 Å². The molecule has 0 radical (unpaired) electrons. The van der Waals surface area contributed by atoms with Gasteiger partial charge in [0.2, 0.25) is 0 Å². The van der Waals surface area contributed by atoms with Gasteiger partial charge in [-0.15, -0.1) is 0 Å². The van der Waals surface area contributed by atoms with Crippen LogP contribution in [0, 0.1) is 0 Å². The van der Waals surface area contributed by atoms with Gasteiger partial charge in [0.05, 0.1) is 5.56 Å². The van der Waals surface area contributed by atoms with Gasteiger partial charge in [-0.05, 0) is 48.4 Å². The smallest absolute Gasteiger partial charge is 0.335 e. The van der Waals surface area contributed by atoms with E-state index in [0.29, 0.717) is 11.4 Å². The number of aryl methyl sites for hydroxylation is 1. The van der Waals surface area contributed by atoms with E-state index in [1.54, 1.807) is 12.1 Å². The van der Waals surface area contributed by atoms with Crippen LogP contribution in [0.25, 0.3) is 0 Å². The minimum atomic E-state index is -1.00. The molecule has 120 valence electrons. The molecule has 5 nitrogen and oxygen atoms in total. The largest absolute Gasteiger partial charge is 0.484 e. The third-order valence-electron chi connectivity index (χ3n) is 3.25. The summed E-state index contributed by atoms with van der Waals surface area (Å²) in [4.78, 5) is 22.6. The van der Waals surface area contributed by atoms with Gasteiger partial charge in [0.15, 0.2) is 6.61 Å². The zero-order valence-corrected chi connectivity index (χ0v) is 12.9. The molecule has 2 rings (SSSR count). The van der Waals surface area contributed by atoms with Crippen LogP contribution in [0.2, 0.25) is 0 Å². The maximum atomic E-state index is 11.8. The van der Waals surface area contributed by atoms with E-state index in [1.807, 2.05) is 24.3 Å². The van der Waals surface area contributed by atoms with Gasteiger partial charge in [0.1, 0.15) is 5.75 Å². The Bertz CT molecular complexity index is 662. The minimum Gasteiger partial charge on any atom is -0.484 e. The first-order chi connectivity index (χ1) is 11.1. The van der Waals surface area contributed by atoms with Crippen LogP contribution in [-0.4, -0.2) is 23.6 Å². The Morgan fingerprint density at radius 2 is 1.70 bits per heavy atom. The zero-order chi connectivity index (χ0) is 16.7. The van der Waals surface area contributed by atoms with Gasteiger partial charge in [-0.2, -0.15) is 0 Å². The normalized spacial score (nSPS) is 10.1. The molecule has 0 spiro atoms.